The second-order valence-electron chi connectivity index (χ2n) is 7.24. The van der Waals surface area contributed by atoms with Gasteiger partial charge in [0, 0.05) is 18.6 Å². The van der Waals surface area contributed by atoms with Crippen molar-refractivity contribution in [2.45, 2.75) is 38.3 Å². The predicted octanol–water partition coefficient (Wildman–Crippen LogP) is 3.11. The van der Waals surface area contributed by atoms with Crippen LogP contribution in [-0.2, 0) is 11.2 Å². The topological polar surface area (TPSA) is 58.6 Å². The summed E-state index contributed by atoms with van der Waals surface area (Å²) in [5, 5.41) is 5.07. The molecule has 4 rings (SSSR count). The normalized spacial score (nSPS) is 23.4. The van der Waals surface area contributed by atoms with Gasteiger partial charge in [-0.1, -0.05) is 18.2 Å². The Morgan fingerprint density at radius 1 is 1.22 bits per heavy atom. The molecule has 1 aromatic carbocycles. The molecule has 0 spiro atoms. The second kappa shape index (κ2) is 7.72. The van der Waals surface area contributed by atoms with E-state index in [-0.39, 0.29) is 23.9 Å². The van der Waals surface area contributed by atoms with E-state index >= 15 is 0 Å². The molecule has 2 amide bonds. The third-order valence-electron chi connectivity index (χ3n) is 5.51. The molecule has 2 heterocycles. The Balaban J connectivity index is 1.31. The number of likely N-dealkylation sites (tertiary alicyclic amines) is 1. The van der Waals surface area contributed by atoms with E-state index in [9.17, 15) is 9.59 Å². The quantitative estimate of drug-likeness (QED) is 0.833. The molecule has 2 fully saturated rings. The number of ether oxygens (including phenoxy) is 1. The van der Waals surface area contributed by atoms with Crippen molar-refractivity contribution < 1.29 is 14.3 Å². The van der Waals surface area contributed by atoms with Gasteiger partial charge in [-0.3, -0.25) is 9.59 Å². The molecule has 1 aromatic heterocycles. The van der Waals surface area contributed by atoms with Crippen molar-refractivity contribution in [1.29, 1.82) is 0 Å². The number of thiophene rings is 1. The number of fused-ring (bicyclic) bond motifs is 2. The first-order chi connectivity index (χ1) is 13.1. The van der Waals surface area contributed by atoms with E-state index in [0.29, 0.717) is 18.9 Å². The minimum absolute atomic E-state index is 0.00909. The maximum atomic E-state index is 12.7. The number of nitrogens with one attached hydrogen (secondary N) is 1. The van der Waals surface area contributed by atoms with Crippen LogP contribution in [0.25, 0.3) is 0 Å². The van der Waals surface area contributed by atoms with Gasteiger partial charge in [0.15, 0.2) is 0 Å². The van der Waals surface area contributed by atoms with Gasteiger partial charge in [0.25, 0.3) is 5.91 Å². The van der Waals surface area contributed by atoms with Crippen molar-refractivity contribution in [3.63, 3.8) is 0 Å². The third-order valence-corrected chi connectivity index (χ3v) is 6.38. The zero-order valence-electron chi connectivity index (χ0n) is 15.4. The monoisotopic (exact) mass is 384 g/mol. The highest BCUT2D eigenvalue weighted by molar-refractivity contribution is 7.12. The molecular formula is C21H24N2O3S. The molecule has 1 saturated heterocycles. The molecule has 0 radical (unpaired) electrons. The van der Waals surface area contributed by atoms with E-state index in [1.165, 1.54) is 11.3 Å². The first-order valence-corrected chi connectivity index (χ1v) is 10.4. The lowest BCUT2D eigenvalue weighted by atomic mass is 10.0. The van der Waals surface area contributed by atoms with E-state index in [1.807, 2.05) is 53.6 Å². The van der Waals surface area contributed by atoms with Gasteiger partial charge in [0.1, 0.15) is 5.75 Å². The van der Waals surface area contributed by atoms with Crippen molar-refractivity contribution in [3.8, 4) is 5.75 Å². The maximum Gasteiger partial charge on any atom is 0.261 e. The van der Waals surface area contributed by atoms with E-state index in [4.69, 9.17) is 4.74 Å². The van der Waals surface area contributed by atoms with Crippen LogP contribution in [0, 0.1) is 5.92 Å². The van der Waals surface area contributed by atoms with Crippen molar-refractivity contribution in [2.75, 3.05) is 13.2 Å². The van der Waals surface area contributed by atoms with E-state index in [1.54, 1.807) is 0 Å². The molecule has 1 saturated carbocycles. The fourth-order valence-electron chi connectivity index (χ4n) is 4.23. The molecule has 1 N–H and O–H groups in total. The number of hydrogen-bond donors (Lipinski definition) is 1. The summed E-state index contributed by atoms with van der Waals surface area (Å²) in [5.74, 6) is 1.38. The number of hydrogen-bond acceptors (Lipinski definition) is 4. The summed E-state index contributed by atoms with van der Waals surface area (Å²) in [5.41, 5.74) is 1.01. The van der Waals surface area contributed by atoms with Gasteiger partial charge < -0.3 is 15.0 Å². The van der Waals surface area contributed by atoms with Gasteiger partial charge in [-0.25, -0.2) is 0 Å². The van der Waals surface area contributed by atoms with Gasteiger partial charge in [-0.2, -0.15) is 0 Å². The Labute approximate surface area is 163 Å². The highest BCUT2D eigenvalue weighted by Gasteiger charge is 2.46. The maximum absolute atomic E-state index is 12.7. The summed E-state index contributed by atoms with van der Waals surface area (Å²) >= 11 is 1.46. The van der Waals surface area contributed by atoms with Crippen molar-refractivity contribution in [3.05, 3.63) is 52.2 Å². The van der Waals surface area contributed by atoms with Gasteiger partial charge in [0.05, 0.1) is 17.9 Å². The molecule has 27 heavy (non-hydrogen) atoms. The number of carbonyl (C=O) groups is 2. The van der Waals surface area contributed by atoms with E-state index < -0.39 is 0 Å². The van der Waals surface area contributed by atoms with Crippen LogP contribution in [-0.4, -0.2) is 41.9 Å². The zero-order chi connectivity index (χ0) is 18.8. The number of benzene rings is 1. The Hall–Kier alpha value is -2.34. The van der Waals surface area contributed by atoms with Crippen LogP contribution in [0.1, 0.15) is 35.0 Å². The predicted molar refractivity (Wildman–Crippen MR) is 105 cm³/mol. The molecule has 2 aromatic rings. The standard InChI is InChI=1S/C21H24N2O3S/c1-2-26-17-7-5-14(6-8-17)10-20(24)23-13-15-11-16(23)12-18(15)22-21(25)19-4-3-9-27-19/h3-9,15-16,18H,2,10-13H2,1H3,(H,22,25). The average Bonchev–Trinajstić information content (AvgIpc) is 3.40. The first-order valence-electron chi connectivity index (χ1n) is 9.49. The van der Waals surface area contributed by atoms with Crippen LogP contribution in [0.3, 0.4) is 0 Å². The third kappa shape index (κ3) is 3.86. The number of carbonyl (C=O) groups excluding carboxylic acids is 2. The van der Waals surface area contributed by atoms with Gasteiger partial charge in [0.2, 0.25) is 5.91 Å². The molecule has 5 nitrogen and oxygen atoms in total. The molecule has 2 aliphatic rings. The Bertz CT molecular complexity index is 803. The summed E-state index contributed by atoms with van der Waals surface area (Å²) in [6, 6.07) is 11.9. The Morgan fingerprint density at radius 2 is 2.04 bits per heavy atom. The summed E-state index contributed by atoms with van der Waals surface area (Å²) in [6.45, 7) is 3.34. The van der Waals surface area contributed by atoms with Crippen molar-refractivity contribution in [1.82, 2.24) is 10.2 Å². The van der Waals surface area contributed by atoms with Crippen LogP contribution < -0.4 is 10.1 Å². The molecule has 3 atom stereocenters. The zero-order valence-corrected chi connectivity index (χ0v) is 16.2. The fourth-order valence-corrected chi connectivity index (χ4v) is 4.86. The number of nitrogens with zero attached hydrogens (tertiary/aromatic N) is 1. The highest BCUT2D eigenvalue weighted by atomic mass is 32.1. The van der Waals surface area contributed by atoms with Crippen LogP contribution >= 0.6 is 11.3 Å². The Kier molecular flexibility index (Phi) is 5.16. The molecule has 1 aliphatic heterocycles. The van der Waals surface area contributed by atoms with Crippen LogP contribution in [0.15, 0.2) is 41.8 Å². The summed E-state index contributed by atoms with van der Waals surface area (Å²) in [4.78, 5) is 27.8. The Morgan fingerprint density at radius 3 is 2.67 bits per heavy atom. The van der Waals surface area contributed by atoms with Gasteiger partial charge in [-0.05, 0) is 54.8 Å². The molecular weight excluding hydrogens is 360 g/mol. The summed E-state index contributed by atoms with van der Waals surface area (Å²) in [7, 11) is 0. The van der Waals surface area contributed by atoms with Crippen LogP contribution in [0.2, 0.25) is 0 Å². The molecule has 2 bridgehead atoms. The number of piperidine rings is 1. The van der Waals surface area contributed by atoms with Crippen LogP contribution in [0.5, 0.6) is 5.75 Å². The van der Waals surface area contributed by atoms with Crippen molar-refractivity contribution in [2.24, 2.45) is 5.92 Å². The average molecular weight is 385 g/mol. The summed E-state index contributed by atoms with van der Waals surface area (Å²) in [6.07, 6.45) is 2.27. The second-order valence-corrected chi connectivity index (χ2v) is 8.19. The summed E-state index contributed by atoms with van der Waals surface area (Å²) < 4.78 is 5.45. The van der Waals surface area contributed by atoms with E-state index in [0.717, 1.165) is 35.6 Å². The van der Waals surface area contributed by atoms with Crippen LogP contribution in [0.4, 0.5) is 0 Å². The highest BCUT2D eigenvalue weighted by Crippen LogP contribution is 2.38. The molecule has 3 unspecified atom stereocenters. The lowest BCUT2D eigenvalue weighted by molar-refractivity contribution is -0.132. The minimum atomic E-state index is 0.00909. The SMILES string of the molecule is CCOc1ccc(CC(=O)N2CC3CC2CC3NC(=O)c2cccs2)cc1. The number of amides is 2. The van der Waals surface area contributed by atoms with Gasteiger partial charge >= 0.3 is 0 Å². The number of rotatable bonds is 6. The molecule has 142 valence electrons. The lowest BCUT2D eigenvalue weighted by Gasteiger charge is -2.32. The van der Waals surface area contributed by atoms with Gasteiger partial charge in [-0.15, -0.1) is 11.3 Å². The molecule has 6 heteroatoms. The van der Waals surface area contributed by atoms with Crippen molar-refractivity contribution >= 4 is 23.2 Å². The minimum Gasteiger partial charge on any atom is -0.494 e. The largest absolute Gasteiger partial charge is 0.494 e. The smallest absolute Gasteiger partial charge is 0.261 e. The molecule has 1 aliphatic carbocycles. The van der Waals surface area contributed by atoms with E-state index in [2.05, 4.69) is 5.32 Å². The lowest BCUT2D eigenvalue weighted by Crippen LogP contribution is -2.48. The first kappa shape index (κ1) is 18.0. The fraction of sp³-hybridized carbons (Fsp3) is 0.429.